The topological polar surface area (TPSA) is 78.9 Å². The first kappa shape index (κ1) is 13.5. The summed E-state index contributed by atoms with van der Waals surface area (Å²) in [5, 5.41) is 11.7. The summed E-state index contributed by atoms with van der Waals surface area (Å²) in [5.41, 5.74) is 5.78. The number of nitriles is 1. The van der Waals surface area contributed by atoms with Crippen LogP contribution >= 0.6 is 11.6 Å². The molecule has 0 aliphatic heterocycles. The van der Waals surface area contributed by atoms with Crippen molar-refractivity contribution in [2.45, 2.75) is 25.8 Å². The van der Waals surface area contributed by atoms with Crippen LogP contribution in [0.2, 0.25) is 5.02 Å². The molecule has 0 spiro atoms. The van der Waals surface area contributed by atoms with Crippen LogP contribution in [0.5, 0.6) is 0 Å². The highest BCUT2D eigenvalue weighted by atomic mass is 35.5. The molecule has 1 rings (SSSR count). The second-order valence-electron chi connectivity index (χ2n) is 4.03. The van der Waals surface area contributed by atoms with E-state index >= 15 is 0 Å². The zero-order valence-corrected chi connectivity index (χ0v) is 10.5. The highest BCUT2D eigenvalue weighted by Crippen LogP contribution is 2.23. The van der Waals surface area contributed by atoms with E-state index in [1.54, 1.807) is 19.1 Å². The van der Waals surface area contributed by atoms with Crippen molar-refractivity contribution in [3.8, 4) is 6.07 Å². The molecule has 0 saturated carbocycles. The predicted molar refractivity (Wildman–Crippen MR) is 67.7 cm³/mol. The lowest BCUT2D eigenvalue weighted by molar-refractivity contribution is -0.120. The fourth-order valence-corrected chi connectivity index (χ4v) is 1.34. The highest BCUT2D eigenvalue weighted by molar-refractivity contribution is 6.33. The van der Waals surface area contributed by atoms with Crippen molar-refractivity contribution in [2.75, 3.05) is 5.32 Å². The normalized spacial score (nSPS) is 13.6. The number of halogens is 1. The van der Waals surface area contributed by atoms with Gasteiger partial charge in [0.2, 0.25) is 5.91 Å². The fraction of sp³-hybridized carbons (Fsp3) is 0.333. The maximum Gasteiger partial charge on any atom is 0.244 e. The monoisotopic (exact) mass is 251 g/mol. The first-order chi connectivity index (χ1) is 7.90. The number of rotatable bonds is 3. The van der Waals surface area contributed by atoms with Gasteiger partial charge in [0.25, 0.3) is 0 Å². The van der Waals surface area contributed by atoms with Crippen molar-refractivity contribution in [1.82, 2.24) is 0 Å². The quantitative estimate of drug-likeness (QED) is 0.865. The van der Waals surface area contributed by atoms with Gasteiger partial charge >= 0.3 is 0 Å². The minimum atomic E-state index is -0.933. The van der Waals surface area contributed by atoms with E-state index in [0.717, 1.165) is 0 Å². The molecule has 17 heavy (non-hydrogen) atoms. The van der Waals surface area contributed by atoms with Gasteiger partial charge in [-0.05, 0) is 31.5 Å². The van der Waals surface area contributed by atoms with Gasteiger partial charge in [0.15, 0.2) is 0 Å². The van der Waals surface area contributed by atoms with Crippen LogP contribution in [0.3, 0.4) is 0 Å². The molecule has 0 aliphatic rings. The lowest BCUT2D eigenvalue weighted by Crippen LogP contribution is -2.47. The number of hydrogen-bond donors (Lipinski definition) is 2. The molecule has 1 amide bonds. The molecule has 1 unspecified atom stereocenters. The zero-order chi connectivity index (χ0) is 13.1. The summed E-state index contributed by atoms with van der Waals surface area (Å²) < 4.78 is 0. The summed E-state index contributed by atoms with van der Waals surface area (Å²) in [6, 6.07) is 6.64. The number of carbonyl (C=O) groups excluding carboxylic acids is 1. The molecule has 5 heteroatoms. The molecule has 0 aromatic heterocycles. The maximum atomic E-state index is 11.8. The summed E-state index contributed by atoms with van der Waals surface area (Å²) in [4.78, 5) is 11.8. The predicted octanol–water partition coefficient (Wildman–Crippen LogP) is 2.28. The van der Waals surface area contributed by atoms with E-state index in [0.29, 0.717) is 22.7 Å². The Morgan fingerprint density at radius 1 is 1.65 bits per heavy atom. The number of carbonyl (C=O) groups is 1. The average molecular weight is 252 g/mol. The van der Waals surface area contributed by atoms with Gasteiger partial charge < -0.3 is 11.1 Å². The number of nitrogens with two attached hydrogens (primary N) is 1. The van der Waals surface area contributed by atoms with Gasteiger partial charge in [-0.2, -0.15) is 5.26 Å². The summed E-state index contributed by atoms with van der Waals surface area (Å²) >= 11 is 5.94. The van der Waals surface area contributed by atoms with E-state index < -0.39 is 5.54 Å². The van der Waals surface area contributed by atoms with Gasteiger partial charge in [-0.3, -0.25) is 4.79 Å². The number of anilines is 1. The van der Waals surface area contributed by atoms with Gasteiger partial charge in [-0.15, -0.1) is 0 Å². The first-order valence-corrected chi connectivity index (χ1v) is 5.58. The molecular formula is C12H14ClN3O. The lowest BCUT2D eigenvalue weighted by atomic mass is 9.99. The van der Waals surface area contributed by atoms with Crippen molar-refractivity contribution >= 4 is 23.2 Å². The standard InChI is InChI=1S/C12H14ClN3O/c1-3-12(2,15)11(17)16-10-5-4-8(7-14)6-9(10)13/h4-6H,3,15H2,1-2H3,(H,16,17). The van der Waals surface area contributed by atoms with Gasteiger partial charge in [0, 0.05) is 0 Å². The molecule has 0 aliphatic carbocycles. The minimum absolute atomic E-state index is 0.299. The second kappa shape index (κ2) is 5.17. The summed E-state index contributed by atoms with van der Waals surface area (Å²) in [5.74, 6) is -0.299. The SMILES string of the molecule is CCC(C)(N)C(=O)Nc1ccc(C#N)cc1Cl. The average Bonchev–Trinajstić information content (AvgIpc) is 2.31. The van der Waals surface area contributed by atoms with Gasteiger partial charge in [0.05, 0.1) is 27.9 Å². The van der Waals surface area contributed by atoms with E-state index in [1.807, 2.05) is 13.0 Å². The molecule has 0 saturated heterocycles. The number of nitrogens with zero attached hydrogens (tertiary/aromatic N) is 1. The Morgan fingerprint density at radius 3 is 2.76 bits per heavy atom. The zero-order valence-electron chi connectivity index (χ0n) is 9.75. The van der Waals surface area contributed by atoms with Crippen LogP contribution in [0.15, 0.2) is 18.2 Å². The van der Waals surface area contributed by atoms with Gasteiger partial charge in [0.1, 0.15) is 0 Å². The van der Waals surface area contributed by atoms with Crippen molar-refractivity contribution in [3.05, 3.63) is 28.8 Å². The van der Waals surface area contributed by atoms with Gasteiger partial charge in [-0.25, -0.2) is 0 Å². The molecular weight excluding hydrogens is 238 g/mol. The van der Waals surface area contributed by atoms with Gasteiger partial charge in [-0.1, -0.05) is 18.5 Å². The highest BCUT2D eigenvalue weighted by Gasteiger charge is 2.26. The van der Waals surface area contributed by atoms with Crippen LogP contribution in [0.1, 0.15) is 25.8 Å². The van der Waals surface area contributed by atoms with E-state index in [4.69, 9.17) is 22.6 Å². The van der Waals surface area contributed by atoms with Crippen LogP contribution in [0.25, 0.3) is 0 Å². The molecule has 0 fully saturated rings. The molecule has 0 radical (unpaired) electrons. The van der Waals surface area contributed by atoms with Crippen molar-refractivity contribution in [1.29, 1.82) is 5.26 Å². The summed E-state index contributed by atoms with van der Waals surface area (Å²) in [6.07, 6.45) is 0.521. The maximum absolute atomic E-state index is 11.8. The Morgan fingerprint density at radius 2 is 2.29 bits per heavy atom. The lowest BCUT2D eigenvalue weighted by Gasteiger charge is -2.21. The van der Waals surface area contributed by atoms with Crippen LogP contribution in [0, 0.1) is 11.3 Å². The number of amides is 1. The molecule has 0 heterocycles. The molecule has 3 N–H and O–H groups in total. The van der Waals surface area contributed by atoms with Crippen LogP contribution < -0.4 is 11.1 Å². The number of benzene rings is 1. The summed E-state index contributed by atoms with van der Waals surface area (Å²) in [6.45, 7) is 3.49. The van der Waals surface area contributed by atoms with E-state index in [1.165, 1.54) is 6.07 Å². The minimum Gasteiger partial charge on any atom is -0.323 e. The third kappa shape index (κ3) is 3.19. The number of hydrogen-bond acceptors (Lipinski definition) is 3. The Bertz CT molecular complexity index is 477. The second-order valence-corrected chi connectivity index (χ2v) is 4.44. The molecule has 0 bridgehead atoms. The van der Waals surface area contributed by atoms with Crippen LogP contribution in [-0.4, -0.2) is 11.4 Å². The Labute approximate surface area is 105 Å². The van der Waals surface area contributed by atoms with Crippen LogP contribution in [-0.2, 0) is 4.79 Å². The third-order valence-corrected chi connectivity index (χ3v) is 2.91. The fourth-order valence-electron chi connectivity index (χ4n) is 1.11. The molecule has 4 nitrogen and oxygen atoms in total. The Balaban J connectivity index is 2.91. The molecule has 1 aromatic carbocycles. The Hall–Kier alpha value is -1.57. The smallest absolute Gasteiger partial charge is 0.244 e. The van der Waals surface area contributed by atoms with Crippen molar-refractivity contribution in [2.24, 2.45) is 5.73 Å². The van der Waals surface area contributed by atoms with Crippen molar-refractivity contribution < 1.29 is 4.79 Å². The Kier molecular flexibility index (Phi) is 4.11. The van der Waals surface area contributed by atoms with Crippen LogP contribution in [0.4, 0.5) is 5.69 Å². The van der Waals surface area contributed by atoms with E-state index in [2.05, 4.69) is 5.32 Å². The largest absolute Gasteiger partial charge is 0.323 e. The van der Waals surface area contributed by atoms with Crippen molar-refractivity contribution in [3.63, 3.8) is 0 Å². The molecule has 1 atom stereocenters. The van der Waals surface area contributed by atoms with E-state index in [-0.39, 0.29) is 5.91 Å². The number of nitrogens with one attached hydrogen (secondary N) is 1. The first-order valence-electron chi connectivity index (χ1n) is 5.20. The molecule has 90 valence electrons. The summed E-state index contributed by atoms with van der Waals surface area (Å²) in [7, 11) is 0. The van der Waals surface area contributed by atoms with E-state index in [9.17, 15) is 4.79 Å². The molecule has 1 aromatic rings. The third-order valence-electron chi connectivity index (χ3n) is 2.60.